The maximum Gasteiger partial charge on any atom is 0.257 e. The molecule has 116 valence electrons. The second kappa shape index (κ2) is 7.38. The first-order valence-electron chi connectivity index (χ1n) is 7.26. The van der Waals surface area contributed by atoms with Gasteiger partial charge >= 0.3 is 0 Å². The van der Waals surface area contributed by atoms with Gasteiger partial charge in [-0.3, -0.25) is 4.79 Å². The molecule has 0 saturated carbocycles. The third-order valence-electron chi connectivity index (χ3n) is 3.52. The molecule has 2 rings (SSSR count). The SMILES string of the molecule is CNc1ncccc1C(=O)N1CCOCC(CN(C)C)C1. The van der Waals surface area contributed by atoms with Crippen molar-refractivity contribution in [3.8, 4) is 0 Å². The summed E-state index contributed by atoms with van der Waals surface area (Å²) in [7, 11) is 5.86. The largest absolute Gasteiger partial charge is 0.379 e. The summed E-state index contributed by atoms with van der Waals surface area (Å²) < 4.78 is 5.63. The van der Waals surface area contributed by atoms with Gasteiger partial charge in [-0.15, -0.1) is 0 Å². The van der Waals surface area contributed by atoms with E-state index in [0.29, 0.717) is 37.1 Å². The zero-order valence-corrected chi connectivity index (χ0v) is 13.0. The van der Waals surface area contributed by atoms with E-state index in [1.165, 1.54) is 0 Å². The van der Waals surface area contributed by atoms with Crippen molar-refractivity contribution in [1.82, 2.24) is 14.8 Å². The van der Waals surface area contributed by atoms with Gasteiger partial charge in [0.25, 0.3) is 5.91 Å². The number of nitrogens with zero attached hydrogens (tertiary/aromatic N) is 3. The predicted octanol–water partition coefficient (Wildman–Crippen LogP) is 0.774. The molecular formula is C15H24N4O2. The molecule has 1 aliphatic heterocycles. The van der Waals surface area contributed by atoms with Crippen LogP contribution in [0.1, 0.15) is 10.4 Å². The molecule has 1 atom stereocenters. The van der Waals surface area contributed by atoms with Crippen LogP contribution in [0, 0.1) is 5.92 Å². The van der Waals surface area contributed by atoms with E-state index in [1.54, 1.807) is 19.3 Å². The van der Waals surface area contributed by atoms with Crippen molar-refractivity contribution in [3.05, 3.63) is 23.9 Å². The number of amides is 1. The number of pyridine rings is 1. The van der Waals surface area contributed by atoms with Gasteiger partial charge in [0.2, 0.25) is 0 Å². The molecule has 1 N–H and O–H groups in total. The highest BCUT2D eigenvalue weighted by Crippen LogP contribution is 2.16. The van der Waals surface area contributed by atoms with E-state index in [4.69, 9.17) is 4.74 Å². The summed E-state index contributed by atoms with van der Waals surface area (Å²) in [6, 6.07) is 3.60. The molecule has 6 nitrogen and oxygen atoms in total. The normalized spacial score (nSPS) is 19.4. The zero-order chi connectivity index (χ0) is 15.2. The number of hydrogen-bond donors (Lipinski definition) is 1. The van der Waals surface area contributed by atoms with Gasteiger partial charge in [-0.25, -0.2) is 4.98 Å². The van der Waals surface area contributed by atoms with Crippen molar-refractivity contribution < 1.29 is 9.53 Å². The Kier molecular flexibility index (Phi) is 5.52. The third-order valence-corrected chi connectivity index (χ3v) is 3.52. The summed E-state index contributed by atoms with van der Waals surface area (Å²) in [4.78, 5) is 21.0. The first-order chi connectivity index (χ1) is 10.1. The summed E-state index contributed by atoms with van der Waals surface area (Å²) in [6.07, 6.45) is 1.68. The number of nitrogens with one attached hydrogen (secondary N) is 1. The fraction of sp³-hybridized carbons (Fsp3) is 0.600. The average molecular weight is 292 g/mol. The van der Waals surface area contributed by atoms with E-state index >= 15 is 0 Å². The minimum absolute atomic E-state index is 0.0155. The molecule has 0 aliphatic carbocycles. The van der Waals surface area contributed by atoms with E-state index in [9.17, 15) is 4.79 Å². The Bertz CT molecular complexity index is 478. The molecule has 1 aromatic rings. The smallest absolute Gasteiger partial charge is 0.257 e. The summed E-state index contributed by atoms with van der Waals surface area (Å²) in [6.45, 7) is 3.55. The maximum absolute atomic E-state index is 12.7. The van der Waals surface area contributed by atoms with Crippen molar-refractivity contribution in [1.29, 1.82) is 0 Å². The van der Waals surface area contributed by atoms with Crippen molar-refractivity contribution in [2.75, 3.05) is 59.3 Å². The van der Waals surface area contributed by atoms with Crippen LogP contribution in [0.3, 0.4) is 0 Å². The van der Waals surface area contributed by atoms with Gasteiger partial charge in [-0.2, -0.15) is 0 Å². The monoisotopic (exact) mass is 292 g/mol. The third kappa shape index (κ3) is 4.15. The molecular weight excluding hydrogens is 268 g/mol. The fourth-order valence-corrected chi connectivity index (χ4v) is 2.64. The molecule has 1 unspecified atom stereocenters. The van der Waals surface area contributed by atoms with Crippen molar-refractivity contribution in [2.24, 2.45) is 5.92 Å². The van der Waals surface area contributed by atoms with Crippen molar-refractivity contribution in [3.63, 3.8) is 0 Å². The van der Waals surface area contributed by atoms with Crippen LogP contribution in [0.15, 0.2) is 18.3 Å². The molecule has 0 aromatic carbocycles. The van der Waals surface area contributed by atoms with Gasteiger partial charge in [0, 0.05) is 38.8 Å². The molecule has 0 bridgehead atoms. The highest BCUT2D eigenvalue weighted by molar-refractivity contribution is 5.98. The lowest BCUT2D eigenvalue weighted by atomic mass is 10.1. The van der Waals surface area contributed by atoms with E-state index in [2.05, 4.69) is 15.2 Å². The molecule has 1 aliphatic rings. The Morgan fingerprint density at radius 2 is 2.38 bits per heavy atom. The number of rotatable bonds is 4. The van der Waals surface area contributed by atoms with E-state index in [0.717, 1.165) is 13.1 Å². The van der Waals surface area contributed by atoms with E-state index in [1.807, 2.05) is 25.1 Å². The predicted molar refractivity (Wildman–Crippen MR) is 82.6 cm³/mol. The van der Waals surface area contributed by atoms with Gasteiger partial charge in [0.1, 0.15) is 5.82 Å². The Morgan fingerprint density at radius 1 is 1.57 bits per heavy atom. The van der Waals surface area contributed by atoms with Crippen LogP contribution >= 0.6 is 0 Å². The lowest BCUT2D eigenvalue weighted by Crippen LogP contribution is -2.39. The molecule has 1 fully saturated rings. The summed E-state index contributed by atoms with van der Waals surface area (Å²) in [5.41, 5.74) is 0.616. The summed E-state index contributed by atoms with van der Waals surface area (Å²) >= 11 is 0. The van der Waals surface area contributed by atoms with Crippen LogP contribution in [-0.2, 0) is 4.74 Å². The van der Waals surface area contributed by atoms with Gasteiger partial charge in [-0.05, 0) is 26.2 Å². The lowest BCUT2D eigenvalue weighted by Gasteiger charge is -2.26. The minimum atomic E-state index is 0.0155. The minimum Gasteiger partial charge on any atom is -0.379 e. The Hall–Kier alpha value is -1.66. The molecule has 1 amide bonds. The molecule has 21 heavy (non-hydrogen) atoms. The Morgan fingerprint density at radius 3 is 3.10 bits per heavy atom. The average Bonchev–Trinajstić information content (AvgIpc) is 2.71. The second-order valence-corrected chi connectivity index (χ2v) is 5.60. The zero-order valence-electron chi connectivity index (χ0n) is 13.0. The van der Waals surface area contributed by atoms with Crippen molar-refractivity contribution in [2.45, 2.75) is 0 Å². The maximum atomic E-state index is 12.7. The fourth-order valence-electron chi connectivity index (χ4n) is 2.64. The van der Waals surface area contributed by atoms with Crippen LogP contribution in [-0.4, -0.2) is 74.7 Å². The molecule has 1 aromatic heterocycles. The summed E-state index contributed by atoms with van der Waals surface area (Å²) in [5.74, 6) is 0.972. The highest BCUT2D eigenvalue weighted by atomic mass is 16.5. The van der Waals surface area contributed by atoms with Gasteiger partial charge in [-0.1, -0.05) is 0 Å². The van der Waals surface area contributed by atoms with Gasteiger partial charge in [0.05, 0.1) is 18.8 Å². The van der Waals surface area contributed by atoms with E-state index < -0.39 is 0 Å². The van der Waals surface area contributed by atoms with E-state index in [-0.39, 0.29) is 5.91 Å². The molecule has 0 spiro atoms. The first kappa shape index (κ1) is 15.7. The van der Waals surface area contributed by atoms with Crippen LogP contribution in [0.5, 0.6) is 0 Å². The number of carbonyl (C=O) groups excluding carboxylic acids is 1. The number of hydrogen-bond acceptors (Lipinski definition) is 5. The molecule has 0 radical (unpaired) electrons. The summed E-state index contributed by atoms with van der Waals surface area (Å²) in [5, 5.41) is 2.98. The quantitative estimate of drug-likeness (QED) is 0.888. The number of anilines is 1. The van der Waals surface area contributed by atoms with Gasteiger partial charge in [0.15, 0.2) is 0 Å². The van der Waals surface area contributed by atoms with Gasteiger partial charge < -0.3 is 19.9 Å². The topological polar surface area (TPSA) is 57.7 Å². The van der Waals surface area contributed by atoms with Crippen LogP contribution < -0.4 is 5.32 Å². The molecule has 1 saturated heterocycles. The Labute approximate surface area is 126 Å². The van der Waals surface area contributed by atoms with Crippen molar-refractivity contribution >= 4 is 11.7 Å². The van der Waals surface area contributed by atoms with Crippen LogP contribution in [0.25, 0.3) is 0 Å². The number of carbonyl (C=O) groups is 1. The number of ether oxygens (including phenoxy) is 1. The molecule has 2 heterocycles. The Balaban J connectivity index is 2.13. The second-order valence-electron chi connectivity index (χ2n) is 5.60. The lowest BCUT2D eigenvalue weighted by molar-refractivity contribution is 0.0735. The highest BCUT2D eigenvalue weighted by Gasteiger charge is 2.25. The number of aromatic nitrogens is 1. The standard InChI is InChI=1S/C15H24N4O2/c1-16-14-13(5-4-6-17-14)15(20)19-7-8-21-11-12(10-19)9-18(2)3/h4-6,12H,7-11H2,1-3H3,(H,16,17). The van der Waals surface area contributed by atoms with Crippen LogP contribution in [0.2, 0.25) is 0 Å². The first-order valence-corrected chi connectivity index (χ1v) is 7.26. The van der Waals surface area contributed by atoms with Crippen LogP contribution in [0.4, 0.5) is 5.82 Å². The molecule has 6 heteroatoms.